The number of rotatable bonds is 4. The Hall–Kier alpha value is -1.46. The van der Waals surface area contributed by atoms with Gasteiger partial charge in [0.05, 0.1) is 0 Å². The minimum absolute atomic E-state index is 0.426. The molecule has 0 spiro atoms. The summed E-state index contributed by atoms with van der Waals surface area (Å²) in [5.74, 6) is -0.191. The second kappa shape index (κ2) is 5.46. The lowest BCUT2D eigenvalue weighted by Gasteiger charge is -2.05. The number of nitrogens with two attached hydrogens (primary N) is 1. The third kappa shape index (κ3) is 2.86. The molecule has 0 atom stereocenters. The largest absolute Gasteiger partial charge is 0.477 e. The van der Waals surface area contributed by atoms with Crippen LogP contribution in [0.25, 0.3) is 0 Å². The third-order valence-corrected chi connectivity index (χ3v) is 4.56. The summed E-state index contributed by atoms with van der Waals surface area (Å²) in [6.07, 6.45) is 0. The summed E-state index contributed by atoms with van der Waals surface area (Å²) in [7, 11) is 0. The van der Waals surface area contributed by atoms with Crippen molar-refractivity contribution in [1.29, 1.82) is 0 Å². The van der Waals surface area contributed by atoms with Crippen LogP contribution < -0.4 is 5.73 Å². The van der Waals surface area contributed by atoms with Gasteiger partial charge < -0.3 is 10.8 Å². The van der Waals surface area contributed by atoms with Crippen molar-refractivity contribution in [1.82, 2.24) is 0 Å². The van der Waals surface area contributed by atoms with E-state index < -0.39 is 5.97 Å². The zero-order valence-electron chi connectivity index (χ0n) is 9.84. The number of nitrogen functional groups attached to an aromatic ring is 1. The molecule has 0 saturated heterocycles. The van der Waals surface area contributed by atoms with Crippen LogP contribution in [0.15, 0.2) is 34.5 Å². The van der Waals surface area contributed by atoms with Crippen LogP contribution in [0, 0.1) is 6.92 Å². The Labute approximate surface area is 114 Å². The summed E-state index contributed by atoms with van der Waals surface area (Å²) < 4.78 is 0. The maximum atomic E-state index is 11.0. The summed E-state index contributed by atoms with van der Waals surface area (Å²) in [5.41, 5.74) is 8.45. The average Bonchev–Trinajstić information content (AvgIpc) is 2.79. The number of carboxylic acids is 1. The summed E-state index contributed by atoms with van der Waals surface area (Å²) >= 11 is 2.89. The number of benzene rings is 1. The first-order valence-electron chi connectivity index (χ1n) is 5.36. The van der Waals surface area contributed by atoms with Crippen LogP contribution >= 0.6 is 23.1 Å². The van der Waals surface area contributed by atoms with Gasteiger partial charge in [0, 0.05) is 16.3 Å². The monoisotopic (exact) mass is 279 g/mol. The van der Waals surface area contributed by atoms with E-state index in [1.54, 1.807) is 11.8 Å². The molecule has 2 aromatic rings. The summed E-state index contributed by atoms with van der Waals surface area (Å²) in [6.45, 7) is 1.96. The molecule has 0 amide bonds. The molecule has 0 aliphatic rings. The lowest BCUT2D eigenvalue weighted by atomic mass is 10.2. The van der Waals surface area contributed by atoms with E-state index in [4.69, 9.17) is 10.8 Å². The van der Waals surface area contributed by atoms with Gasteiger partial charge in [-0.2, -0.15) is 0 Å². The molecule has 0 aliphatic heterocycles. The molecule has 18 heavy (non-hydrogen) atoms. The van der Waals surface area contributed by atoms with E-state index in [-0.39, 0.29) is 0 Å². The molecule has 1 heterocycles. The molecule has 0 unspecified atom stereocenters. The van der Waals surface area contributed by atoms with Crippen molar-refractivity contribution >= 4 is 34.8 Å². The Morgan fingerprint density at radius 1 is 1.44 bits per heavy atom. The van der Waals surface area contributed by atoms with Crippen molar-refractivity contribution in [2.24, 2.45) is 0 Å². The lowest BCUT2D eigenvalue weighted by Crippen LogP contribution is -1.96. The number of hydrogen-bond acceptors (Lipinski definition) is 4. The highest BCUT2D eigenvalue weighted by atomic mass is 32.2. The zero-order chi connectivity index (χ0) is 13.1. The van der Waals surface area contributed by atoms with E-state index in [0.717, 1.165) is 21.7 Å². The maximum absolute atomic E-state index is 11.0. The fourth-order valence-corrected chi connectivity index (χ4v) is 3.38. The van der Waals surface area contributed by atoms with E-state index in [9.17, 15) is 4.79 Å². The molecule has 0 aliphatic carbocycles. The first kappa shape index (κ1) is 13.0. The number of anilines is 1. The van der Waals surface area contributed by atoms with Gasteiger partial charge in [0.25, 0.3) is 0 Å². The summed E-state index contributed by atoms with van der Waals surface area (Å²) in [5, 5.41) is 10.8. The summed E-state index contributed by atoms with van der Waals surface area (Å²) in [6, 6.07) is 7.72. The smallest absolute Gasteiger partial charge is 0.346 e. The van der Waals surface area contributed by atoms with Gasteiger partial charge in [-0.05, 0) is 47.7 Å². The predicted molar refractivity (Wildman–Crippen MR) is 76.4 cm³/mol. The van der Waals surface area contributed by atoms with Crippen molar-refractivity contribution in [3.63, 3.8) is 0 Å². The molecule has 0 saturated carbocycles. The topological polar surface area (TPSA) is 63.3 Å². The van der Waals surface area contributed by atoms with Crippen LogP contribution in [0.3, 0.4) is 0 Å². The highest BCUT2D eigenvalue weighted by Gasteiger charge is 2.11. The number of carboxylic acid groups (broad SMARTS) is 1. The fraction of sp³-hybridized carbons (Fsp3) is 0.154. The van der Waals surface area contributed by atoms with E-state index in [0.29, 0.717) is 10.6 Å². The van der Waals surface area contributed by atoms with Gasteiger partial charge in [0.15, 0.2) is 0 Å². The number of carbonyl (C=O) groups is 1. The normalized spacial score (nSPS) is 10.5. The molecule has 3 nitrogen and oxygen atoms in total. The van der Waals surface area contributed by atoms with Crippen molar-refractivity contribution < 1.29 is 9.90 Å². The number of aryl methyl sites for hydroxylation is 1. The Morgan fingerprint density at radius 2 is 2.22 bits per heavy atom. The fourth-order valence-electron chi connectivity index (χ4n) is 1.54. The Bertz CT molecular complexity index is 578. The highest BCUT2D eigenvalue weighted by molar-refractivity contribution is 7.98. The molecular formula is C13H13NO2S2. The van der Waals surface area contributed by atoms with Gasteiger partial charge in [-0.25, -0.2) is 4.79 Å². The van der Waals surface area contributed by atoms with Crippen LogP contribution in [-0.2, 0) is 5.75 Å². The third-order valence-electron chi connectivity index (χ3n) is 2.58. The van der Waals surface area contributed by atoms with Crippen molar-refractivity contribution in [2.45, 2.75) is 17.6 Å². The molecule has 1 aromatic carbocycles. The van der Waals surface area contributed by atoms with E-state index in [1.165, 1.54) is 11.3 Å². The van der Waals surface area contributed by atoms with E-state index in [1.807, 2.05) is 36.6 Å². The van der Waals surface area contributed by atoms with Gasteiger partial charge in [-0.15, -0.1) is 23.1 Å². The highest BCUT2D eigenvalue weighted by Crippen LogP contribution is 2.28. The SMILES string of the molecule is Cc1cc(SCc2ccsc2C(=O)O)ccc1N. The molecule has 0 bridgehead atoms. The van der Waals surface area contributed by atoms with Gasteiger partial charge in [0.2, 0.25) is 0 Å². The number of thiophene rings is 1. The Kier molecular flexibility index (Phi) is 3.93. The predicted octanol–water partition coefficient (Wildman–Crippen LogP) is 3.63. The number of aromatic carboxylic acids is 1. The number of hydrogen-bond donors (Lipinski definition) is 2. The molecule has 0 fully saturated rings. The standard InChI is InChI=1S/C13H13NO2S2/c1-8-6-10(2-3-11(8)14)18-7-9-4-5-17-12(9)13(15)16/h2-6H,7,14H2,1H3,(H,15,16). The number of thioether (sulfide) groups is 1. The zero-order valence-corrected chi connectivity index (χ0v) is 11.5. The van der Waals surface area contributed by atoms with Gasteiger partial charge in [-0.3, -0.25) is 0 Å². The van der Waals surface area contributed by atoms with Crippen LogP contribution in [0.1, 0.15) is 20.8 Å². The molecule has 2 rings (SSSR count). The van der Waals surface area contributed by atoms with Crippen molar-refractivity contribution in [3.8, 4) is 0 Å². The minimum Gasteiger partial charge on any atom is -0.477 e. The van der Waals surface area contributed by atoms with Crippen LogP contribution in [0.5, 0.6) is 0 Å². The maximum Gasteiger partial charge on any atom is 0.346 e. The van der Waals surface area contributed by atoms with Crippen LogP contribution in [-0.4, -0.2) is 11.1 Å². The van der Waals surface area contributed by atoms with Crippen molar-refractivity contribution in [2.75, 3.05) is 5.73 Å². The molecular weight excluding hydrogens is 266 g/mol. The molecule has 0 radical (unpaired) electrons. The molecule has 94 valence electrons. The van der Waals surface area contributed by atoms with Gasteiger partial charge >= 0.3 is 5.97 Å². The van der Waals surface area contributed by atoms with Crippen LogP contribution in [0.2, 0.25) is 0 Å². The molecule has 3 N–H and O–H groups in total. The average molecular weight is 279 g/mol. The lowest BCUT2D eigenvalue weighted by molar-refractivity contribution is 0.0701. The van der Waals surface area contributed by atoms with Crippen molar-refractivity contribution in [3.05, 3.63) is 45.6 Å². The van der Waals surface area contributed by atoms with Crippen LogP contribution in [0.4, 0.5) is 5.69 Å². The minimum atomic E-state index is -0.853. The molecule has 5 heteroatoms. The second-order valence-corrected chi connectivity index (χ2v) is 5.85. The van der Waals surface area contributed by atoms with Gasteiger partial charge in [0.1, 0.15) is 4.88 Å². The van der Waals surface area contributed by atoms with Gasteiger partial charge in [-0.1, -0.05) is 0 Å². The first-order valence-corrected chi connectivity index (χ1v) is 7.23. The second-order valence-electron chi connectivity index (χ2n) is 3.89. The Balaban J connectivity index is 2.09. The molecule has 1 aromatic heterocycles. The Morgan fingerprint density at radius 3 is 2.89 bits per heavy atom. The van der Waals surface area contributed by atoms with E-state index >= 15 is 0 Å². The quantitative estimate of drug-likeness (QED) is 0.662. The first-order chi connectivity index (χ1) is 8.58. The summed E-state index contributed by atoms with van der Waals surface area (Å²) in [4.78, 5) is 12.5. The van der Waals surface area contributed by atoms with E-state index in [2.05, 4.69) is 0 Å².